The van der Waals surface area contributed by atoms with Crippen LogP contribution in [0.1, 0.15) is 24.8 Å². The van der Waals surface area contributed by atoms with Crippen LogP contribution in [0.25, 0.3) is 0 Å². The molecule has 1 saturated heterocycles. The fraction of sp³-hybridized carbons (Fsp3) is 0.500. The lowest BCUT2D eigenvalue weighted by molar-refractivity contribution is -0.274. The van der Waals surface area contributed by atoms with Gasteiger partial charge in [0.25, 0.3) is 0 Å². The molecule has 0 aliphatic carbocycles. The molecule has 1 heterocycles. The van der Waals surface area contributed by atoms with E-state index in [0.29, 0.717) is 18.7 Å². The van der Waals surface area contributed by atoms with Crippen molar-refractivity contribution in [1.29, 1.82) is 0 Å². The molecule has 1 aliphatic heterocycles. The number of alkyl halides is 3. The third kappa shape index (κ3) is 5.17. The summed E-state index contributed by atoms with van der Waals surface area (Å²) in [5.41, 5.74) is 0.606. The highest BCUT2D eigenvalue weighted by atomic mass is 19.4. The minimum Gasteiger partial charge on any atom is -0.445 e. The minimum absolute atomic E-state index is 0.0294. The van der Waals surface area contributed by atoms with E-state index < -0.39 is 6.36 Å². The molecule has 0 atom stereocenters. The van der Waals surface area contributed by atoms with E-state index in [9.17, 15) is 18.0 Å². The van der Waals surface area contributed by atoms with Crippen LogP contribution in [0.4, 0.5) is 18.0 Å². The third-order valence-electron chi connectivity index (χ3n) is 3.13. The average Bonchev–Trinajstić information content (AvgIpc) is 2.45. The average molecular weight is 303 g/mol. The van der Waals surface area contributed by atoms with Gasteiger partial charge in [0.1, 0.15) is 12.4 Å². The van der Waals surface area contributed by atoms with Gasteiger partial charge in [-0.15, -0.1) is 13.2 Å². The minimum atomic E-state index is -4.71. The van der Waals surface area contributed by atoms with E-state index in [1.54, 1.807) is 4.90 Å². The Bertz CT molecular complexity index is 467. The maximum absolute atomic E-state index is 12.0. The first-order valence-electron chi connectivity index (χ1n) is 6.70. The molecule has 0 bridgehead atoms. The van der Waals surface area contributed by atoms with Crippen molar-refractivity contribution in [2.45, 2.75) is 32.2 Å². The van der Waals surface area contributed by atoms with Crippen LogP contribution in [0.3, 0.4) is 0 Å². The molecule has 0 spiro atoms. The lowest BCUT2D eigenvalue weighted by atomic mass is 10.1. The molecule has 0 unspecified atom stereocenters. The first-order valence-corrected chi connectivity index (χ1v) is 6.70. The number of carbonyl (C=O) groups is 1. The first-order chi connectivity index (χ1) is 9.94. The fourth-order valence-electron chi connectivity index (χ4n) is 2.10. The second kappa shape index (κ2) is 6.69. The normalized spacial score (nSPS) is 15.7. The number of nitrogens with zero attached hydrogens (tertiary/aromatic N) is 1. The summed E-state index contributed by atoms with van der Waals surface area (Å²) < 4.78 is 44.9. The van der Waals surface area contributed by atoms with Crippen LogP contribution in [0.5, 0.6) is 5.75 Å². The van der Waals surface area contributed by atoms with Gasteiger partial charge in [-0.25, -0.2) is 4.79 Å². The summed E-state index contributed by atoms with van der Waals surface area (Å²) in [6, 6.07) is 5.25. The number of rotatable bonds is 3. The molecule has 7 heteroatoms. The molecule has 1 aromatic rings. The quantitative estimate of drug-likeness (QED) is 0.854. The summed E-state index contributed by atoms with van der Waals surface area (Å²) in [7, 11) is 0. The molecule has 116 valence electrons. The van der Waals surface area contributed by atoms with Crippen LogP contribution < -0.4 is 4.74 Å². The zero-order valence-electron chi connectivity index (χ0n) is 11.4. The van der Waals surface area contributed by atoms with Crippen molar-refractivity contribution in [2.24, 2.45) is 0 Å². The van der Waals surface area contributed by atoms with Gasteiger partial charge >= 0.3 is 12.5 Å². The number of hydrogen-bond donors (Lipinski definition) is 0. The molecule has 0 saturated carbocycles. The van der Waals surface area contributed by atoms with Gasteiger partial charge in [0.2, 0.25) is 0 Å². The smallest absolute Gasteiger partial charge is 0.445 e. The molecule has 0 N–H and O–H groups in total. The molecule has 1 fully saturated rings. The van der Waals surface area contributed by atoms with Crippen molar-refractivity contribution in [3.05, 3.63) is 29.8 Å². The lowest BCUT2D eigenvalue weighted by Crippen LogP contribution is -2.35. The van der Waals surface area contributed by atoms with Crippen LogP contribution in [0, 0.1) is 0 Å². The van der Waals surface area contributed by atoms with Crippen molar-refractivity contribution < 1.29 is 27.4 Å². The van der Waals surface area contributed by atoms with E-state index in [1.807, 2.05) is 0 Å². The van der Waals surface area contributed by atoms with Gasteiger partial charge in [0, 0.05) is 13.1 Å². The number of likely N-dealkylation sites (tertiary alicyclic amines) is 1. The largest absolute Gasteiger partial charge is 0.573 e. The van der Waals surface area contributed by atoms with Crippen molar-refractivity contribution in [3.63, 3.8) is 0 Å². The van der Waals surface area contributed by atoms with Gasteiger partial charge in [0.15, 0.2) is 0 Å². The second-order valence-corrected chi connectivity index (χ2v) is 4.79. The van der Waals surface area contributed by atoms with Crippen molar-refractivity contribution in [3.8, 4) is 5.75 Å². The van der Waals surface area contributed by atoms with E-state index in [4.69, 9.17) is 4.74 Å². The number of halogens is 3. The predicted octanol–water partition coefficient (Wildman–Crippen LogP) is 3.71. The predicted molar refractivity (Wildman–Crippen MR) is 68.7 cm³/mol. The second-order valence-electron chi connectivity index (χ2n) is 4.79. The van der Waals surface area contributed by atoms with E-state index in [0.717, 1.165) is 19.3 Å². The zero-order valence-corrected chi connectivity index (χ0v) is 11.4. The van der Waals surface area contributed by atoms with Gasteiger partial charge in [-0.05, 0) is 37.0 Å². The Morgan fingerprint density at radius 2 is 1.71 bits per heavy atom. The van der Waals surface area contributed by atoms with Gasteiger partial charge < -0.3 is 14.4 Å². The molecule has 1 aliphatic rings. The number of carbonyl (C=O) groups excluding carboxylic acids is 1. The molecule has 4 nitrogen and oxygen atoms in total. The summed E-state index contributed by atoms with van der Waals surface area (Å²) in [6.07, 6.45) is -2.03. The van der Waals surface area contributed by atoms with Gasteiger partial charge in [-0.1, -0.05) is 12.1 Å². The standard InChI is InChI=1S/C14H16F3NO3/c15-14(16,17)21-12-6-4-11(5-7-12)10-20-13(19)18-8-2-1-3-9-18/h4-7H,1-3,8-10H2. The molecule has 1 amide bonds. The van der Waals surface area contributed by atoms with Gasteiger partial charge in [0.05, 0.1) is 0 Å². The Hall–Kier alpha value is -1.92. The van der Waals surface area contributed by atoms with Crippen molar-refractivity contribution in [2.75, 3.05) is 13.1 Å². The van der Waals surface area contributed by atoms with Crippen molar-refractivity contribution in [1.82, 2.24) is 4.90 Å². The topological polar surface area (TPSA) is 38.8 Å². The molecule has 21 heavy (non-hydrogen) atoms. The number of amides is 1. The molecular weight excluding hydrogens is 287 g/mol. The summed E-state index contributed by atoms with van der Waals surface area (Å²) >= 11 is 0. The number of ether oxygens (including phenoxy) is 2. The van der Waals surface area contributed by atoms with E-state index in [-0.39, 0.29) is 18.4 Å². The highest BCUT2D eigenvalue weighted by Crippen LogP contribution is 2.23. The van der Waals surface area contributed by atoms with Gasteiger partial charge in [-0.3, -0.25) is 0 Å². The maximum atomic E-state index is 12.0. The van der Waals surface area contributed by atoms with Crippen LogP contribution in [-0.4, -0.2) is 30.4 Å². The Balaban J connectivity index is 1.81. The van der Waals surface area contributed by atoms with Crippen LogP contribution >= 0.6 is 0 Å². The molecular formula is C14H16F3NO3. The first kappa shape index (κ1) is 15.5. The monoisotopic (exact) mass is 303 g/mol. The van der Waals surface area contributed by atoms with E-state index in [1.165, 1.54) is 24.3 Å². The molecule has 0 aromatic heterocycles. The Morgan fingerprint density at radius 3 is 2.29 bits per heavy atom. The SMILES string of the molecule is O=C(OCc1ccc(OC(F)(F)F)cc1)N1CCCCC1. The van der Waals surface area contributed by atoms with Gasteiger partial charge in [-0.2, -0.15) is 0 Å². The summed E-state index contributed by atoms with van der Waals surface area (Å²) in [4.78, 5) is 13.4. The van der Waals surface area contributed by atoms with Crippen molar-refractivity contribution >= 4 is 6.09 Å². The number of benzene rings is 1. The molecule has 1 aromatic carbocycles. The molecule has 2 rings (SSSR count). The Kier molecular flexibility index (Phi) is 4.93. The lowest BCUT2D eigenvalue weighted by Gasteiger charge is -2.25. The van der Waals surface area contributed by atoms with Crippen LogP contribution in [0.15, 0.2) is 24.3 Å². The third-order valence-corrected chi connectivity index (χ3v) is 3.13. The van der Waals surface area contributed by atoms with Crippen LogP contribution in [0.2, 0.25) is 0 Å². The fourth-order valence-corrected chi connectivity index (χ4v) is 2.10. The Morgan fingerprint density at radius 1 is 1.10 bits per heavy atom. The number of hydrogen-bond acceptors (Lipinski definition) is 3. The summed E-state index contributed by atoms with van der Waals surface area (Å²) in [6.45, 7) is 1.41. The maximum Gasteiger partial charge on any atom is 0.573 e. The number of piperidine rings is 1. The summed E-state index contributed by atoms with van der Waals surface area (Å²) in [5, 5.41) is 0. The Labute approximate surface area is 120 Å². The highest BCUT2D eigenvalue weighted by molar-refractivity contribution is 5.67. The van der Waals surface area contributed by atoms with Crippen LogP contribution in [-0.2, 0) is 11.3 Å². The van der Waals surface area contributed by atoms with E-state index in [2.05, 4.69) is 4.74 Å². The summed E-state index contributed by atoms with van der Waals surface area (Å²) in [5.74, 6) is -0.298. The van der Waals surface area contributed by atoms with E-state index >= 15 is 0 Å². The zero-order chi connectivity index (χ0) is 15.3. The highest BCUT2D eigenvalue weighted by Gasteiger charge is 2.30. The molecule has 0 radical (unpaired) electrons.